The first-order valence-electron chi connectivity index (χ1n) is 7.84. The van der Waals surface area contributed by atoms with E-state index >= 15 is 0 Å². The molecule has 2 rings (SSSR count). The molecule has 1 aromatic heterocycles. The van der Waals surface area contributed by atoms with E-state index in [1.54, 1.807) is 10.7 Å². The normalized spacial score (nSPS) is 10.5. The Bertz CT molecular complexity index is 727. The van der Waals surface area contributed by atoms with Crippen LogP contribution >= 0.6 is 11.6 Å². The summed E-state index contributed by atoms with van der Waals surface area (Å²) >= 11 is 6.06. The van der Waals surface area contributed by atoms with Crippen LogP contribution in [0, 0.1) is 6.92 Å². The number of amides is 2. The average Bonchev–Trinajstić information content (AvgIpc) is 2.95. The maximum Gasteiger partial charge on any atom is 0.269 e. The molecule has 0 unspecified atom stereocenters. The highest BCUT2D eigenvalue weighted by Crippen LogP contribution is 2.14. The van der Waals surface area contributed by atoms with Gasteiger partial charge in [-0.2, -0.15) is 5.10 Å². The molecule has 128 valence electrons. The Kier molecular flexibility index (Phi) is 6.37. The van der Waals surface area contributed by atoms with Gasteiger partial charge >= 0.3 is 0 Å². The second-order valence-electron chi connectivity index (χ2n) is 5.36. The van der Waals surface area contributed by atoms with Crippen molar-refractivity contribution in [2.75, 3.05) is 13.1 Å². The molecule has 0 atom stereocenters. The van der Waals surface area contributed by atoms with Crippen LogP contribution in [0.15, 0.2) is 30.3 Å². The molecule has 1 heterocycles. The largest absolute Gasteiger partial charge is 0.354 e. The number of benzene rings is 1. The van der Waals surface area contributed by atoms with Gasteiger partial charge in [-0.25, -0.2) is 0 Å². The van der Waals surface area contributed by atoms with Crippen LogP contribution in [-0.4, -0.2) is 34.7 Å². The van der Waals surface area contributed by atoms with E-state index in [1.807, 2.05) is 38.1 Å². The molecule has 0 fully saturated rings. The summed E-state index contributed by atoms with van der Waals surface area (Å²) in [6, 6.07) is 9.21. The minimum absolute atomic E-state index is 0.0741. The lowest BCUT2D eigenvalue weighted by Crippen LogP contribution is -2.38. The van der Waals surface area contributed by atoms with E-state index in [2.05, 4.69) is 15.7 Å². The Hall–Kier alpha value is -2.34. The summed E-state index contributed by atoms with van der Waals surface area (Å²) in [5.41, 5.74) is 2.20. The van der Waals surface area contributed by atoms with Crippen molar-refractivity contribution in [3.63, 3.8) is 0 Å². The van der Waals surface area contributed by atoms with Crippen molar-refractivity contribution >= 4 is 23.4 Å². The van der Waals surface area contributed by atoms with Crippen molar-refractivity contribution in [1.29, 1.82) is 0 Å². The molecule has 7 heteroatoms. The van der Waals surface area contributed by atoms with Crippen LogP contribution in [0.1, 0.15) is 28.7 Å². The van der Waals surface area contributed by atoms with Gasteiger partial charge in [0.05, 0.1) is 12.2 Å². The highest BCUT2D eigenvalue weighted by Gasteiger charge is 2.13. The fraction of sp³-hybridized carbons (Fsp3) is 0.353. The third kappa shape index (κ3) is 4.83. The number of carbonyl (C=O) groups is 2. The third-order valence-electron chi connectivity index (χ3n) is 3.52. The first-order valence-corrected chi connectivity index (χ1v) is 8.21. The number of carbonyl (C=O) groups excluding carboxylic acids is 2. The fourth-order valence-electron chi connectivity index (χ4n) is 2.32. The molecule has 0 aliphatic heterocycles. The monoisotopic (exact) mass is 348 g/mol. The SMILES string of the molecule is CCn1nc(C)cc1C(=O)NCC(=O)NCCc1ccccc1Cl. The quantitative estimate of drug-likeness (QED) is 0.803. The van der Waals surface area contributed by atoms with Crippen LogP contribution in [0.5, 0.6) is 0 Å². The number of nitrogens with one attached hydrogen (secondary N) is 2. The van der Waals surface area contributed by atoms with Crippen molar-refractivity contribution in [1.82, 2.24) is 20.4 Å². The molecule has 2 aromatic rings. The molecule has 2 amide bonds. The second kappa shape index (κ2) is 8.49. The van der Waals surface area contributed by atoms with Gasteiger partial charge in [-0.05, 0) is 38.0 Å². The maximum absolute atomic E-state index is 12.1. The molecule has 0 bridgehead atoms. The molecule has 6 nitrogen and oxygen atoms in total. The zero-order valence-electron chi connectivity index (χ0n) is 13.8. The minimum Gasteiger partial charge on any atom is -0.354 e. The Morgan fingerprint density at radius 2 is 2.00 bits per heavy atom. The number of aromatic nitrogens is 2. The van der Waals surface area contributed by atoms with Crippen LogP contribution in [0.2, 0.25) is 5.02 Å². The van der Waals surface area contributed by atoms with E-state index in [4.69, 9.17) is 11.6 Å². The minimum atomic E-state index is -0.307. The van der Waals surface area contributed by atoms with E-state index in [9.17, 15) is 9.59 Å². The molecular formula is C17H21ClN4O2. The van der Waals surface area contributed by atoms with Gasteiger partial charge in [0.1, 0.15) is 5.69 Å². The smallest absolute Gasteiger partial charge is 0.269 e. The van der Waals surface area contributed by atoms with E-state index in [0.29, 0.717) is 30.2 Å². The van der Waals surface area contributed by atoms with E-state index in [-0.39, 0.29) is 18.4 Å². The highest BCUT2D eigenvalue weighted by molar-refractivity contribution is 6.31. The van der Waals surface area contributed by atoms with Gasteiger partial charge in [-0.3, -0.25) is 14.3 Å². The molecule has 2 N–H and O–H groups in total. The van der Waals surface area contributed by atoms with Crippen LogP contribution in [0.3, 0.4) is 0 Å². The maximum atomic E-state index is 12.1. The highest BCUT2D eigenvalue weighted by atomic mass is 35.5. The summed E-state index contributed by atoms with van der Waals surface area (Å²) in [4.78, 5) is 23.9. The van der Waals surface area contributed by atoms with E-state index in [0.717, 1.165) is 11.3 Å². The molecule has 0 aliphatic rings. The van der Waals surface area contributed by atoms with Gasteiger partial charge in [-0.1, -0.05) is 29.8 Å². The van der Waals surface area contributed by atoms with Crippen molar-refractivity contribution < 1.29 is 9.59 Å². The number of aryl methyl sites for hydroxylation is 2. The summed E-state index contributed by atoms with van der Waals surface area (Å²) in [5, 5.41) is 10.3. The van der Waals surface area contributed by atoms with Crippen LogP contribution in [0.25, 0.3) is 0 Å². The van der Waals surface area contributed by atoms with Crippen molar-refractivity contribution in [3.05, 3.63) is 52.3 Å². The number of hydrogen-bond donors (Lipinski definition) is 2. The molecule has 0 spiro atoms. The van der Waals surface area contributed by atoms with Crippen LogP contribution in [-0.2, 0) is 17.8 Å². The Balaban J connectivity index is 1.76. The van der Waals surface area contributed by atoms with Gasteiger partial charge in [-0.15, -0.1) is 0 Å². The Morgan fingerprint density at radius 1 is 1.25 bits per heavy atom. The standard InChI is InChI=1S/C17H21ClN4O2/c1-3-22-15(10-12(2)21-22)17(24)20-11-16(23)19-9-8-13-6-4-5-7-14(13)18/h4-7,10H,3,8-9,11H2,1-2H3,(H,19,23)(H,20,24). The zero-order valence-corrected chi connectivity index (χ0v) is 14.6. The number of hydrogen-bond acceptors (Lipinski definition) is 3. The number of halogens is 1. The molecule has 0 saturated heterocycles. The second-order valence-corrected chi connectivity index (χ2v) is 5.77. The average molecular weight is 349 g/mol. The van der Waals surface area contributed by atoms with Crippen molar-refractivity contribution in [2.45, 2.75) is 26.8 Å². The predicted octanol–water partition coefficient (Wildman–Crippen LogP) is 1.95. The van der Waals surface area contributed by atoms with Gasteiger partial charge in [0.15, 0.2) is 0 Å². The zero-order chi connectivity index (χ0) is 17.5. The Labute approximate surface area is 146 Å². The first kappa shape index (κ1) is 18.0. The van der Waals surface area contributed by atoms with Crippen molar-refractivity contribution in [2.24, 2.45) is 0 Å². The first-order chi connectivity index (χ1) is 11.5. The Morgan fingerprint density at radius 3 is 2.71 bits per heavy atom. The predicted molar refractivity (Wildman–Crippen MR) is 93.1 cm³/mol. The summed E-state index contributed by atoms with van der Waals surface area (Å²) in [5.74, 6) is -0.548. The molecule has 0 radical (unpaired) electrons. The van der Waals surface area contributed by atoms with Crippen molar-refractivity contribution in [3.8, 4) is 0 Å². The van der Waals surface area contributed by atoms with Crippen LogP contribution < -0.4 is 10.6 Å². The molecule has 0 aliphatic carbocycles. The lowest BCUT2D eigenvalue weighted by atomic mass is 10.1. The summed E-state index contributed by atoms with van der Waals surface area (Å²) in [7, 11) is 0. The van der Waals surface area contributed by atoms with Gasteiger partial charge in [0.25, 0.3) is 5.91 Å². The van der Waals surface area contributed by atoms with Crippen LogP contribution in [0.4, 0.5) is 0 Å². The summed E-state index contributed by atoms with van der Waals surface area (Å²) < 4.78 is 1.61. The lowest BCUT2D eigenvalue weighted by Gasteiger charge is -2.08. The lowest BCUT2D eigenvalue weighted by molar-refractivity contribution is -0.120. The summed E-state index contributed by atoms with van der Waals surface area (Å²) in [6.45, 7) is 4.72. The number of nitrogens with zero attached hydrogens (tertiary/aromatic N) is 2. The van der Waals surface area contributed by atoms with E-state index in [1.165, 1.54) is 0 Å². The molecular weight excluding hydrogens is 328 g/mol. The van der Waals surface area contributed by atoms with Gasteiger partial charge in [0.2, 0.25) is 5.91 Å². The third-order valence-corrected chi connectivity index (χ3v) is 3.89. The van der Waals surface area contributed by atoms with Gasteiger partial charge < -0.3 is 10.6 Å². The number of rotatable bonds is 7. The van der Waals surface area contributed by atoms with Gasteiger partial charge in [0, 0.05) is 18.1 Å². The molecule has 0 saturated carbocycles. The molecule has 1 aromatic carbocycles. The topological polar surface area (TPSA) is 76.0 Å². The molecule has 24 heavy (non-hydrogen) atoms. The fourth-order valence-corrected chi connectivity index (χ4v) is 2.55. The summed E-state index contributed by atoms with van der Waals surface area (Å²) in [6.07, 6.45) is 0.640. The van der Waals surface area contributed by atoms with E-state index < -0.39 is 0 Å².